The van der Waals surface area contributed by atoms with Crippen molar-refractivity contribution in [3.8, 4) is 11.1 Å². The van der Waals surface area contributed by atoms with Gasteiger partial charge in [0.05, 0.1) is 6.26 Å². The smallest absolute Gasteiger partial charge is 0.226 e. The molecule has 8 heteroatoms. The highest BCUT2D eigenvalue weighted by molar-refractivity contribution is 7.88. The molecule has 1 N–H and O–H groups in total. The van der Waals surface area contributed by atoms with E-state index in [2.05, 4.69) is 4.72 Å². The molecule has 0 aromatic heterocycles. The van der Waals surface area contributed by atoms with Crippen LogP contribution in [0.5, 0.6) is 0 Å². The number of nitrogens with one attached hydrogen (secondary N) is 1. The van der Waals surface area contributed by atoms with Crippen LogP contribution in [0.25, 0.3) is 11.1 Å². The van der Waals surface area contributed by atoms with Gasteiger partial charge in [0.1, 0.15) is 0 Å². The highest BCUT2D eigenvalue weighted by atomic mass is 32.2. The Morgan fingerprint density at radius 2 is 1.84 bits per heavy atom. The molecule has 1 amide bonds. The zero-order valence-electron chi connectivity index (χ0n) is 17.4. The highest BCUT2D eigenvalue weighted by Crippen LogP contribution is 2.51. The third-order valence-electron chi connectivity index (χ3n) is 6.12. The molecule has 1 saturated carbocycles. The molecule has 0 spiro atoms. The Morgan fingerprint density at radius 3 is 2.58 bits per heavy atom. The van der Waals surface area contributed by atoms with E-state index in [0.29, 0.717) is 31.5 Å². The standard InChI is InChI=1S/C23H26F2N2O3S/c1-31(29,30)26-16-5-4-11-27(12-10-16)23(28)20-14-19(20)18-7-3-2-6-17(18)15-8-9-21(24)22(25)13-15/h2-3,6-9,13,16,19-20,26H,4-5,10-12,14H2,1H3/t16-,19+,20-/m1/s1. The van der Waals surface area contributed by atoms with Crippen LogP contribution in [-0.2, 0) is 14.8 Å². The van der Waals surface area contributed by atoms with Crippen molar-refractivity contribution in [3.05, 3.63) is 59.7 Å². The van der Waals surface area contributed by atoms with Crippen molar-refractivity contribution in [2.24, 2.45) is 5.92 Å². The van der Waals surface area contributed by atoms with Crippen LogP contribution < -0.4 is 4.72 Å². The van der Waals surface area contributed by atoms with Gasteiger partial charge in [-0.25, -0.2) is 21.9 Å². The molecule has 31 heavy (non-hydrogen) atoms. The van der Waals surface area contributed by atoms with Crippen molar-refractivity contribution in [2.45, 2.75) is 37.6 Å². The molecule has 3 atom stereocenters. The summed E-state index contributed by atoms with van der Waals surface area (Å²) in [6.45, 7) is 1.15. The van der Waals surface area contributed by atoms with E-state index in [9.17, 15) is 22.0 Å². The van der Waals surface area contributed by atoms with E-state index in [1.807, 2.05) is 29.2 Å². The van der Waals surface area contributed by atoms with Gasteiger partial charge >= 0.3 is 0 Å². The predicted molar refractivity (Wildman–Crippen MR) is 115 cm³/mol. The molecule has 166 valence electrons. The molecule has 2 aromatic carbocycles. The van der Waals surface area contributed by atoms with Crippen LogP contribution >= 0.6 is 0 Å². The van der Waals surface area contributed by atoms with E-state index in [1.54, 1.807) is 6.07 Å². The van der Waals surface area contributed by atoms with Crippen molar-refractivity contribution in [2.75, 3.05) is 19.3 Å². The van der Waals surface area contributed by atoms with Crippen LogP contribution in [0.2, 0.25) is 0 Å². The van der Waals surface area contributed by atoms with Gasteiger partial charge in [-0.2, -0.15) is 0 Å². The molecular formula is C23H26F2N2O3S. The lowest BCUT2D eigenvalue weighted by molar-refractivity contribution is -0.132. The first-order chi connectivity index (χ1) is 14.7. The number of halogens is 2. The van der Waals surface area contributed by atoms with Gasteiger partial charge in [0, 0.05) is 25.0 Å². The topological polar surface area (TPSA) is 66.5 Å². The van der Waals surface area contributed by atoms with Crippen LogP contribution in [0.3, 0.4) is 0 Å². The van der Waals surface area contributed by atoms with Crippen LogP contribution in [0.4, 0.5) is 8.78 Å². The minimum absolute atomic E-state index is 0.0463. The minimum atomic E-state index is -3.27. The molecule has 1 aliphatic carbocycles. The number of hydrogen-bond donors (Lipinski definition) is 1. The van der Waals surface area contributed by atoms with E-state index in [-0.39, 0.29) is 23.8 Å². The van der Waals surface area contributed by atoms with E-state index in [4.69, 9.17) is 0 Å². The summed E-state index contributed by atoms with van der Waals surface area (Å²) in [7, 11) is -3.27. The van der Waals surface area contributed by atoms with E-state index >= 15 is 0 Å². The summed E-state index contributed by atoms with van der Waals surface area (Å²) in [5.41, 5.74) is 2.38. The second kappa shape index (κ2) is 8.67. The summed E-state index contributed by atoms with van der Waals surface area (Å²) in [6.07, 6.45) is 3.94. The van der Waals surface area contributed by atoms with Gasteiger partial charge in [0.25, 0.3) is 0 Å². The van der Waals surface area contributed by atoms with Crippen LogP contribution in [0.1, 0.15) is 37.2 Å². The van der Waals surface area contributed by atoms with Gasteiger partial charge < -0.3 is 4.90 Å². The van der Waals surface area contributed by atoms with Crippen LogP contribution in [0.15, 0.2) is 42.5 Å². The molecule has 2 aliphatic rings. The maximum absolute atomic E-state index is 13.8. The molecule has 2 fully saturated rings. The zero-order chi connectivity index (χ0) is 22.2. The normalized spacial score (nSPS) is 24.0. The van der Waals surface area contributed by atoms with Gasteiger partial charge in [-0.05, 0) is 60.4 Å². The molecule has 5 nitrogen and oxygen atoms in total. The summed E-state index contributed by atoms with van der Waals surface area (Å²) in [4.78, 5) is 15.0. The Hall–Kier alpha value is -2.32. The predicted octanol–water partition coefficient (Wildman–Crippen LogP) is 3.67. The first-order valence-electron chi connectivity index (χ1n) is 10.5. The number of likely N-dealkylation sites (tertiary alicyclic amines) is 1. The van der Waals surface area contributed by atoms with Gasteiger partial charge in [0.15, 0.2) is 11.6 Å². The van der Waals surface area contributed by atoms with Crippen molar-refractivity contribution < 1.29 is 22.0 Å². The molecule has 2 aromatic rings. The highest BCUT2D eigenvalue weighted by Gasteiger charge is 2.46. The van der Waals surface area contributed by atoms with Crippen molar-refractivity contribution in [3.63, 3.8) is 0 Å². The van der Waals surface area contributed by atoms with Gasteiger partial charge in [0.2, 0.25) is 15.9 Å². The first kappa shape index (κ1) is 21.9. The van der Waals surface area contributed by atoms with Crippen molar-refractivity contribution in [1.29, 1.82) is 0 Å². The molecule has 1 saturated heterocycles. The third kappa shape index (κ3) is 5.13. The Labute approximate surface area is 181 Å². The van der Waals surface area contributed by atoms with E-state index in [0.717, 1.165) is 36.3 Å². The molecular weight excluding hydrogens is 422 g/mol. The lowest BCUT2D eigenvalue weighted by atomic mass is 9.95. The molecule has 0 bridgehead atoms. The Bertz CT molecular complexity index is 1090. The number of rotatable bonds is 5. The number of carbonyl (C=O) groups is 1. The summed E-state index contributed by atoms with van der Waals surface area (Å²) in [6, 6.07) is 11.3. The van der Waals surface area contributed by atoms with Crippen LogP contribution in [-0.4, -0.2) is 44.6 Å². The molecule has 4 rings (SSSR count). The summed E-state index contributed by atoms with van der Waals surface area (Å²) < 4.78 is 52.7. The summed E-state index contributed by atoms with van der Waals surface area (Å²) >= 11 is 0. The molecule has 0 unspecified atom stereocenters. The molecule has 1 aliphatic heterocycles. The monoisotopic (exact) mass is 448 g/mol. The second-order valence-electron chi connectivity index (χ2n) is 8.51. The van der Waals surface area contributed by atoms with Crippen LogP contribution in [0, 0.1) is 17.6 Å². The van der Waals surface area contributed by atoms with Gasteiger partial charge in [-0.3, -0.25) is 4.79 Å². The maximum Gasteiger partial charge on any atom is 0.226 e. The SMILES string of the molecule is CS(=O)(=O)N[C@@H]1CCCN(C(=O)[C@@H]2C[C@H]2c2ccccc2-c2ccc(F)c(F)c2)CC1. The number of carbonyl (C=O) groups excluding carboxylic acids is 1. The van der Waals surface area contributed by atoms with Crippen molar-refractivity contribution in [1.82, 2.24) is 9.62 Å². The first-order valence-corrected chi connectivity index (χ1v) is 12.4. The Balaban J connectivity index is 1.46. The lowest BCUT2D eigenvalue weighted by Crippen LogP contribution is -2.36. The lowest BCUT2D eigenvalue weighted by Gasteiger charge is -2.21. The number of hydrogen-bond acceptors (Lipinski definition) is 3. The fourth-order valence-electron chi connectivity index (χ4n) is 4.53. The summed E-state index contributed by atoms with van der Waals surface area (Å²) in [5, 5.41) is 0. The average molecular weight is 449 g/mol. The minimum Gasteiger partial charge on any atom is -0.342 e. The van der Waals surface area contributed by atoms with Crippen molar-refractivity contribution >= 4 is 15.9 Å². The number of nitrogens with zero attached hydrogens (tertiary/aromatic N) is 1. The quantitative estimate of drug-likeness (QED) is 0.759. The molecule has 0 radical (unpaired) electrons. The maximum atomic E-state index is 13.8. The second-order valence-corrected chi connectivity index (χ2v) is 10.3. The number of amides is 1. The van der Waals surface area contributed by atoms with E-state index in [1.165, 1.54) is 6.07 Å². The zero-order valence-corrected chi connectivity index (χ0v) is 18.2. The number of sulfonamides is 1. The van der Waals surface area contributed by atoms with E-state index < -0.39 is 21.7 Å². The van der Waals surface area contributed by atoms with Gasteiger partial charge in [-0.1, -0.05) is 30.3 Å². The fourth-order valence-corrected chi connectivity index (χ4v) is 5.37. The largest absolute Gasteiger partial charge is 0.342 e. The Morgan fingerprint density at radius 1 is 1.06 bits per heavy atom. The number of benzene rings is 2. The fraction of sp³-hybridized carbons (Fsp3) is 0.435. The Kier molecular flexibility index (Phi) is 6.12. The average Bonchev–Trinajstić information content (AvgIpc) is 3.53. The molecule has 1 heterocycles. The van der Waals surface area contributed by atoms with Gasteiger partial charge in [-0.15, -0.1) is 0 Å². The summed E-state index contributed by atoms with van der Waals surface area (Å²) in [5.74, 6) is -1.77. The third-order valence-corrected chi connectivity index (χ3v) is 6.88.